The van der Waals surface area contributed by atoms with Crippen molar-refractivity contribution in [3.05, 3.63) is 69.3 Å². The summed E-state index contributed by atoms with van der Waals surface area (Å²) in [7, 11) is -4.06. The molecule has 0 aliphatic carbocycles. The van der Waals surface area contributed by atoms with Gasteiger partial charge in [0.25, 0.3) is 5.69 Å². The van der Waals surface area contributed by atoms with E-state index in [0.717, 1.165) is 60.5 Å². The number of anilines is 1. The molecule has 1 aromatic heterocycles. The number of thiazole rings is 1. The number of aliphatic hydroxyl groups excluding tert-OH is 1. The van der Waals surface area contributed by atoms with Crippen LogP contribution >= 0.6 is 11.3 Å². The standard InChI is InChI=1S/C41H59N9O10S2/c1-28-37(61-27-45-28)30-7-5-29(6-8-30)25-44-39(53)35-23-31(51)26-49(35)40(54)38(41(2,3)4)46-36(52)11-19-59-21-22-60-20-18-48-16-14-47(15-17-48)13-12-43-33-10-9-32(62(42,57)58)24-34(33)50(55)56/h5-10,24,27,31,35,38,43,51H,11-23,25-26H2,1-4H3,(H,44,53)(H,46,52)(H2,42,57,58)/t31-,35+,38?/m1/s1. The first kappa shape index (κ1) is 48.4. The van der Waals surface area contributed by atoms with Gasteiger partial charge in [0.1, 0.15) is 17.8 Å². The first-order valence-corrected chi connectivity index (χ1v) is 23.0. The third-order valence-corrected chi connectivity index (χ3v) is 12.7. The van der Waals surface area contributed by atoms with Gasteiger partial charge in [-0.15, -0.1) is 11.3 Å². The zero-order valence-corrected chi connectivity index (χ0v) is 37.3. The Bertz CT molecular complexity index is 2110. The molecule has 6 N–H and O–H groups in total. The first-order chi connectivity index (χ1) is 29.4. The fourth-order valence-electron chi connectivity index (χ4n) is 7.27. The van der Waals surface area contributed by atoms with E-state index in [-0.39, 0.29) is 67.2 Å². The minimum atomic E-state index is -4.06. The number of rotatable bonds is 21. The highest BCUT2D eigenvalue weighted by atomic mass is 32.2. The van der Waals surface area contributed by atoms with Crippen molar-refractivity contribution in [2.75, 3.05) is 84.1 Å². The number of ether oxygens (including phenoxy) is 2. The Morgan fingerprint density at radius 3 is 2.29 bits per heavy atom. The number of carbonyl (C=O) groups is 3. The van der Waals surface area contributed by atoms with Crippen LogP contribution in [0.25, 0.3) is 10.4 Å². The maximum Gasteiger partial charge on any atom is 0.293 e. The second-order valence-corrected chi connectivity index (χ2v) is 18.9. The summed E-state index contributed by atoms with van der Waals surface area (Å²) in [5.41, 5.74) is 3.89. The summed E-state index contributed by atoms with van der Waals surface area (Å²) in [6.07, 6.45) is -0.749. The predicted molar refractivity (Wildman–Crippen MR) is 234 cm³/mol. The molecule has 2 fully saturated rings. The zero-order valence-electron chi connectivity index (χ0n) is 35.7. The zero-order chi connectivity index (χ0) is 45.0. The molecule has 21 heteroatoms. The molecule has 0 radical (unpaired) electrons. The van der Waals surface area contributed by atoms with E-state index in [1.807, 2.05) is 52.0 Å². The van der Waals surface area contributed by atoms with Crippen molar-refractivity contribution in [2.24, 2.45) is 10.6 Å². The van der Waals surface area contributed by atoms with Gasteiger partial charge >= 0.3 is 0 Å². The normalized spacial score (nSPS) is 18.1. The minimum absolute atomic E-state index is 0.0127. The third-order valence-electron chi connectivity index (χ3n) is 10.8. The number of benzene rings is 2. The first-order valence-electron chi connectivity index (χ1n) is 20.6. The molecule has 1 unspecified atom stereocenters. The summed E-state index contributed by atoms with van der Waals surface area (Å²) < 4.78 is 34.5. The topological polar surface area (TPSA) is 252 Å². The van der Waals surface area contributed by atoms with Gasteiger partial charge in [0.05, 0.1) is 58.4 Å². The van der Waals surface area contributed by atoms with Gasteiger partial charge in [0, 0.05) is 77.8 Å². The number of piperazine rings is 1. The average molecular weight is 902 g/mol. The number of primary sulfonamides is 1. The van der Waals surface area contributed by atoms with Crippen LogP contribution in [0, 0.1) is 22.5 Å². The lowest BCUT2D eigenvalue weighted by molar-refractivity contribution is -0.384. The summed E-state index contributed by atoms with van der Waals surface area (Å²) in [6, 6.07) is 9.57. The molecular formula is C41H59N9O10S2. The molecule has 5 rings (SSSR count). The minimum Gasteiger partial charge on any atom is -0.391 e. The van der Waals surface area contributed by atoms with Gasteiger partial charge in [-0.1, -0.05) is 45.0 Å². The molecular weight excluding hydrogens is 843 g/mol. The number of nitrogens with zero attached hydrogens (tertiary/aromatic N) is 5. The molecule has 2 aromatic carbocycles. The van der Waals surface area contributed by atoms with Crippen LogP contribution in [-0.2, 0) is 40.4 Å². The number of amides is 3. The van der Waals surface area contributed by atoms with E-state index in [0.29, 0.717) is 26.3 Å². The van der Waals surface area contributed by atoms with Crippen LogP contribution in [0.1, 0.15) is 44.9 Å². The van der Waals surface area contributed by atoms with Crippen LogP contribution in [0.15, 0.2) is 52.9 Å². The molecule has 3 atom stereocenters. The lowest BCUT2D eigenvalue weighted by atomic mass is 9.85. The van der Waals surface area contributed by atoms with Gasteiger partial charge in [0.2, 0.25) is 27.7 Å². The third kappa shape index (κ3) is 13.9. The molecule has 19 nitrogen and oxygen atoms in total. The molecule has 3 aromatic rings. The Hall–Kier alpha value is -4.61. The van der Waals surface area contributed by atoms with E-state index >= 15 is 0 Å². The molecule has 3 heterocycles. The second-order valence-electron chi connectivity index (χ2n) is 16.5. The Morgan fingerprint density at radius 1 is 1.02 bits per heavy atom. The second kappa shape index (κ2) is 22.1. The number of nitrogens with two attached hydrogens (primary N) is 1. The molecule has 62 heavy (non-hydrogen) atoms. The number of nitro groups is 1. The number of sulfonamides is 1. The Labute approximate surface area is 366 Å². The van der Waals surface area contributed by atoms with Crippen molar-refractivity contribution in [2.45, 2.75) is 70.2 Å². The van der Waals surface area contributed by atoms with Crippen LogP contribution in [0.4, 0.5) is 11.4 Å². The fourth-order valence-corrected chi connectivity index (χ4v) is 8.61. The SMILES string of the molecule is Cc1ncsc1-c1ccc(CNC(=O)[C@@H]2C[C@@H](O)CN2C(=O)C(NC(=O)CCOCCOCCN2CCN(CCNc3ccc(S(N)(=O)=O)cc3[N+](=O)[O-])CC2)C(C)(C)C)cc1. The maximum atomic E-state index is 13.9. The summed E-state index contributed by atoms with van der Waals surface area (Å²) in [5.74, 6) is -1.17. The highest BCUT2D eigenvalue weighted by Crippen LogP contribution is 2.29. The van der Waals surface area contributed by atoms with Crippen LogP contribution in [-0.4, -0.2) is 153 Å². The molecule has 0 bridgehead atoms. The van der Waals surface area contributed by atoms with Gasteiger partial charge in [-0.3, -0.25) is 34.3 Å². The van der Waals surface area contributed by atoms with Crippen molar-refractivity contribution in [1.29, 1.82) is 0 Å². The Kier molecular flexibility index (Phi) is 17.3. The number of hydrogen-bond acceptors (Lipinski definition) is 15. The van der Waals surface area contributed by atoms with Crippen molar-refractivity contribution in [1.82, 2.24) is 30.3 Å². The monoisotopic (exact) mass is 901 g/mol. The van der Waals surface area contributed by atoms with E-state index in [4.69, 9.17) is 14.6 Å². The van der Waals surface area contributed by atoms with E-state index in [9.17, 15) is 38.0 Å². The molecule has 3 amide bonds. The highest BCUT2D eigenvalue weighted by molar-refractivity contribution is 7.89. The summed E-state index contributed by atoms with van der Waals surface area (Å²) in [4.78, 5) is 62.1. The highest BCUT2D eigenvalue weighted by Gasteiger charge is 2.44. The quantitative estimate of drug-likeness (QED) is 0.0583. The van der Waals surface area contributed by atoms with Crippen LogP contribution in [0.5, 0.6) is 0 Å². The lowest BCUT2D eigenvalue weighted by Gasteiger charge is -2.35. The number of aliphatic hydroxyl groups is 1. The Morgan fingerprint density at radius 2 is 1.68 bits per heavy atom. The van der Waals surface area contributed by atoms with Gasteiger partial charge in [0.15, 0.2) is 0 Å². The fraction of sp³-hybridized carbons (Fsp3) is 0.561. The molecule has 2 aliphatic heterocycles. The molecule has 0 saturated carbocycles. The summed E-state index contributed by atoms with van der Waals surface area (Å²) >= 11 is 1.57. The molecule has 340 valence electrons. The number of carbonyl (C=O) groups excluding carboxylic acids is 3. The number of aromatic nitrogens is 1. The van der Waals surface area contributed by atoms with E-state index in [1.165, 1.54) is 17.0 Å². The number of likely N-dealkylation sites (tertiary alicyclic amines) is 1. The summed E-state index contributed by atoms with van der Waals surface area (Å²) in [5, 5.41) is 35.9. The average Bonchev–Trinajstić information content (AvgIpc) is 3.84. The smallest absolute Gasteiger partial charge is 0.293 e. The van der Waals surface area contributed by atoms with E-state index < -0.39 is 44.5 Å². The van der Waals surface area contributed by atoms with Crippen molar-refractivity contribution < 1.29 is 42.3 Å². The Balaban J connectivity index is 0.949. The van der Waals surface area contributed by atoms with Crippen molar-refractivity contribution in [3.8, 4) is 10.4 Å². The largest absolute Gasteiger partial charge is 0.391 e. The predicted octanol–water partition coefficient (Wildman–Crippen LogP) is 1.94. The van der Waals surface area contributed by atoms with E-state index in [2.05, 4.69) is 30.7 Å². The van der Waals surface area contributed by atoms with E-state index in [1.54, 1.807) is 16.8 Å². The van der Waals surface area contributed by atoms with Gasteiger partial charge < -0.3 is 35.4 Å². The number of β-amino-alcohol motifs (C(OH)–C–C–N with tert-alkyl or cyclic N) is 1. The summed E-state index contributed by atoms with van der Waals surface area (Å²) in [6.45, 7) is 14.1. The van der Waals surface area contributed by atoms with Gasteiger partial charge in [-0.2, -0.15) is 0 Å². The van der Waals surface area contributed by atoms with Crippen molar-refractivity contribution in [3.63, 3.8) is 0 Å². The lowest BCUT2D eigenvalue weighted by Crippen LogP contribution is -2.57. The molecule has 0 spiro atoms. The number of aryl methyl sites for hydroxylation is 1. The maximum absolute atomic E-state index is 13.9. The van der Waals surface area contributed by atoms with Crippen molar-refractivity contribution >= 4 is 50.5 Å². The number of nitrogens with one attached hydrogen (secondary N) is 3. The molecule has 2 aliphatic rings. The van der Waals surface area contributed by atoms with Crippen LogP contribution in [0.3, 0.4) is 0 Å². The van der Waals surface area contributed by atoms with Crippen LogP contribution in [0.2, 0.25) is 0 Å². The van der Waals surface area contributed by atoms with Gasteiger partial charge in [-0.05, 0) is 35.6 Å². The van der Waals surface area contributed by atoms with Crippen LogP contribution < -0.4 is 21.1 Å². The number of nitro benzene ring substituents is 1. The molecule has 2 saturated heterocycles. The van der Waals surface area contributed by atoms with Gasteiger partial charge in [-0.25, -0.2) is 18.5 Å². The number of hydrogen-bond donors (Lipinski definition) is 5.